The molecule has 0 radical (unpaired) electrons. The minimum Gasteiger partial charge on any atom is -0.744 e. The molecule has 2 aromatic carbocycles. The first-order valence-corrected chi connectivity index (χ1v) is 7.73. The predicted octanol–water partition coefficient (Wildman–Crippen LogP) is -5.93. The number of rotatable bonds is 2. The number of aromatic hydroxyl groups is 2. The molecule has 0 saturated heterocycles. The summed E-state index contributed by atoms with van der Waals surface area (Å²) < 4.78 is 66.2. The Hall–Kier alpha value is 1.39. The molecule has 0 fully saturated rings. The van der Waals surface area contributed by atoms with Gasteiger partial charge in [-0.3, -0.25) is 0 Å². The van der Waals surface area contributed by atoms with E-state index in [1.807, 2.05) is 0 Å². The van der Waals surface area contributed by atoms with Crippen LogP contribution in [0.1, 0.15) is 0 Å². The summed E-state index contributed by atoms with van der Waals surface area (Å²) in [7, 11) is -10.4. The van der Waals surface area contributed by atoms with E-state index in [2.05, 4.69) is 0 Å². The van der Waals surface area contributed by atoms with Gasteiger partial charge in [0, 0.05) is 0 Å². The summed E-state index contributed by atoms with van der Waals surface area (Å²) in [6.45, 7) is 0. The molecule has 0 amide bonds. The van der Waals surface area contributed by atoms with E-state index in [4.69, 9.17) is 0 Å². The standard InChI is InChI=1S/C10H8O8S2.2K/c11-7-1-5-3-9(19(13,14)15)10(20(16,17)18)4-6(5)2-8(7)12;;/h1-4,11-12H,(H,13,14,15)(H,16,17,18);;/q;2*+1/p-2. The second-order valence-electron chi connectivity index (χ2n) is 3.90. The van der Waals surface area contributed by atoms with Crippen molar-refractivity contribution in [1.29, 1.82) is 0 Å². The predicted molar refractivity (Wildman–Crippen MR) is 63.2 cm³/mol. The summed E-state index contributed by atoms with van der Waals surface area (Å²) in [5, 5.41) is 18.5. The quantitative estimate of drug-likeness (QED) is 0.289. The second kappa shape index (κ2) is 8.18. The van der Waals surface area contributed by atoms with Crippen LogP contribution >= 0.6 is 0 Å². The summed E-state index contributed by atoms with van der Waals surface area (Å²) in [6, 6.07) is 3.17. The van der Waals surface area contributed by atoms with E-state index < -0.39 is 41.5 Å². The van der Waals surface area contributed by atoms with Gasteiger partial charge in [-0.15, -0.1) is 0 Å². The van der Waals surface area contributed by atoms with Crippen molar-refractivity contribution in [2.45, 2.75) is 9.79 Å². The van der Waals surface area contributed by atoms with Gasteiger partial charge in [-0.1, -0.05) is 0 Å². The molecule has 2 rings (SSSR count). The first-order valence-electron chi connectivity index (χ1n) is 4.91. The van der Waals surface area contributed by atoms with Crippen molar-refractivity contribution in [2.75, 3.05) is 0 Å². The molecule has 8 nitrogen and oxygen atoms in total. The molecule has 0 saturated carbocycles. The van der Waals surface area contributed by atoms with E-state index in [0.29, 0.717) is 12.1 Å². The van der Waals surface area contributed by atoms with Gasteiger partial charge in [-0.05, 0) is 35.0 Å². The molecule has 0 atom stereocenters. The van der Waals surface area contributed by atoms with Crippen molar-refractivity contribution in [3.05, 3.63) is 24.3 Å². The number of fused-ring (bicyclic) bond motifs is 1. The Balaban J connectivity index is 0.00000220. The molecule has 0 bridgehead atoms. The van der Waals surface area contributed by atoms with Crippen molar-refractivity contribution in [1.82, 2.24) is 0 Å². The van der Waals surface area contributed by atoms with Crippen LogP contribution in [0.5, 0.6) is 11.5 Å². The van der Waals surface area contributed by atoms with Crippen LogP contribution in [-0.4, -0.2) is 36.2 Å². The maximum Gasteiger partial charge on any atom is 1.00 e. The SMILES string of the molecule is O=S(=O)([O-])c1cc2cc(O)c(O)cc2cc1S(=O)(=O)[O-].[K+].[K+]. The molecule has 2 aromatic rings. The molecule has 0 spiro atoms. The molecule has 0 aliphatic rings. The largest absolute Gasteiger partial charge is 1.00 e. The van der Waals surface area contributed by atoms with E-state index in [1.165, 1.54) is 0 Å². The Kier molecular flexibility index (Phi) is 8.70. The first kappa shape index (κ1) is 23.4. The third kappa shape index (κ3) is 5.19. The van der Waals surface area contributed by atoms with Crippen LogP contribution in [0, 0.1) is 0 Å². The van der Waals surface area contributed by atoms with E-state index in [0.717, 1.165) is 12.1 Å². The zero-order valence-electron chi connectivity index (χ0n) is 11.5. The Morgan fingerprint density at radius 2 is 0.955 bits per heavy atom. The van der Waals surface area contributed by atoms with Gasteiger partial charge in [0.2, 0.25) is 0 Å². The van der Waals surface area contributed by atoms with Gasteiger partial charge in [0.05, 0.1) is 9.79 Å². The van der Waals surface area contributed by atoms with Crippen molar-refractivity contribution in [3.63, 3.8) is 0 Å². The molecule has 12 heteroatoms. The minimum atomic E-state index is -5.20. The first-order chi connectivity index (χ1) is 9.00. The molecule has 0 aliphatic carbocycles. The summed E-state index contributed by atoms with van der Waals surface area (Å²) in [4.78, 5) is -2.41. The topological polar surface area (TPSA) is 155 Å². The molecule has 22 heavy (non-hydrogen) atoms. The molecular weight excluding hydrogens is 390 g/mol. The Morgan fingerprint density at radius 3 is 1.18 bits per heavy atom. The Labute approximate surface area is 211 Å². The van der Waals surface area contributed by atoms with Gasteiger partial charge >= 0.3 is 103 Å². The number of hydrogen-bond donors (Lipinski definition) is 2. The smallest absolute Gasteiger partial charge is 0.744 e. The third-order valence-electron chi connectivity index (χ3n) is 2.53. The van der Waals surface area contributed by atoms with Crippen LogP contribution < -0.4 is 103 Å². The van der Waals surface area contributed by atoms with Crippen LogP contribution in [0.2, 0.25) is 0 Å². The second-order valence-corrected chi connectivity index (χ2v) is 6.59. The summed E-state index contributed by atoms with van der Waals surface area (Å²) in [5.74, 6) is -1.19. The van der Waals surface area contributed by atoms with Crippen molar-refractivity contribution in [3.8, 4) is 11.5 Å². The van der Waals surface area contributed by atoms with Crippen molar-refractivity contribution >= 4 is 31.0 Å². The maximum absolute atomic E-state index is 11.0. The number of hydrogen-bond acceptors (Lipinski definition) is 8. The van der Waals surface area contributed by atoms with E-state index in [-0.39, 0.29) is 114 Å². The monoisotopic (exact) mass is 396 g/mol. The van der Waals surface area contributed by atoms with Gasteiger partial charge < -0.3 is 19.3 Å². The van der Waals surface area contributed by atoms with Crippen LogP contribution in [0.3, 0.4) is 0 Å². The van der Waals surface area contributed by atoms with E-state index >= 15 is 0 Å². The molecule has 0 heterocycles. The number of benzene rings is 2. The Morgan fingerprint density at radius 1 is 0.682 bits per heavy atom. The molecule has 108 valence electrons. The van der Waals surface area contributed by atoms with Crippen LogP contribution in [-0.2, 0) is 20.2 Å². The van der Waals surface area contributed by atoms with Gasteiger partial charge in [0.25, 0.3) is 0 Å². The molecular formula is C10H6K2O8S2. The fraction of sp³-hybridized carbons (Fsp3) is 0. The average molecular weight is 396 g/mol. The number of phenols is 2. The van der Waals surface area contributed by atoms with Gasteiger partial charge in [-0.25, -0.2) is 16.8 Å². The fourth-order valence-corrected chi connectivity index (χ4v) is 3.44. The zero-order chi connectivity index (χ0) is 15.3. The minimum absolute atomic E-state index is 0. The fourth-order valence-electron chi connectivity index (χ4n) is 1.67. The summed E-state index contributed by atoms with van der Waals surface area (Å²) >= 11 is 0. The summed E-state index contributed by atoms with van der Waals surface area (Å²) in [5.41, 5.74) is 0. The average Bonchev–Trinajstić information content (AvgIpc) is 2.26. The molecule has 0 aliphatic heterocycles. The van der Waals surface area contributed by atoms with Gasteiger partial charge in [-0.2, -0.15) is 0 Å². The van der Waals surface area contributed by atoms with Gasteiger partial charge in [0.15, 0.2) is 11.5 Å². The third-order valence-corrected chi connectivity index (χ3v) is 4.42. The maximum atomic E-state index is 11.0. The van der Waals surface area contributed by atoms with Crippen LogP contribution in [0.15, 0.2) is 34.1 Å². The number of phenolic OH excluding ortho intramolecular Hbond substituents is 2. The summed E-state index contributed by atoms with van der Waals surface area (Å²) in [6.07, 6.45) is 0. The normalized spacial score (nSPS) is 11.5. The van der Waals surface area contributed by atoms with E-state index in [9.17, 15) is 36.2 Å². The molecule has 0 unspecified atom stereocenters. The molecule has 0 aromatic heterocycles. The van der Waals surface area contributed by atoms with Gasteiger partial charge in [0.1, 0.15) is 20.2 Å². The van der Waals surface area contributed by atoms with Crippen LogP contribution in [0.25, 0.3) is 10.8 Å². The van der Waals surface area contributed by atoms with Crippen molar-refractivity contribution < 1.29 is 139 Å². The van der Waals surface area contributed by atoms with E-state index in [1.54, 1.807) is 0 Å². The molecule has 2 N–H and O–H groups in total. The zero-order valence-corrected chi connectivity index (χ0v) is 19.3. The van der Waals surface area contributed by atoms with Crippen LogP contribution in [0.4, 0.5) is 0 Å². The Bertz CT molecular complexity index is 845. The van der Waals surface area contributed by atoms with Crippen molar-refractivity contribution in [2.24, 2.45) is 0 Å².